The smallest absolute Gasteiger partial charge is 0.314 e. The standard InChI is InChI=1S/C16H15ClN2O3/c1-9-3-6-14(20)13(7-9)19-16(22)15(21)18-11-5-4-10(2)12(17)8-11/h3-8,20H,1-2H3,(H,18,21)(H,19,22). The predicted molar refractivity (Wildman–Crippen MR) is 86.3 cm³/mol. The molecule has 114 valence electrons. The zero-order chi connectivity index (χ0) is 16.3. The van der Waals surface area contributed by atoms with Crippen molar-refractivity contribution in [3.05, 3.63) is 52.5 Å². The van der Waals surface area contributed by atoms with E-state index >= 15 is 0 Å². The molecule has 2 rings (SSSR count). The number of benzene rings is 2. The molecule has 6 heteroatoms. The zero-order valence-corrected chi connectivity index (χ0v) is 12.9. The average Bonchev–Trinajstić information content (AvgIpc) is 2.46. The highest BCUT2D eigenvalue weighted by Gasteiger charge is 2.16. The summed E-state index contributed by atoms with van der Waals surface area (Å²) >= 11 is 5.96. The molecule has 0 aliphatic heterocycles. The van der Waals surface area contributed by atoms with Crippen LogP contribution in [0.15, 0.2) is 36.4 Å². The van der Waals surface area contributed by atoms with Crippen molar-refractivity contribution in [1.82, 2.24) is 0 Å². The highest BCUT2D eigenvalue weighted by Crippen LogP contribution is 2.24. The van der Waals surface area contributed by atoms with Crippen LogP contribution in [0.5, 0.6) is 5.75 Å². The van der Waals surface area contributed by atoms with Crippen LogP contribution in [0, 0.1) is 13.8 Å². The van der Waals surface area contributed by atoms with E-state index < -0.39 is 11.8 Å². The summed E-state index contributed by atoms with van der Waals surface area (Å²) in [6.07, 6.45) is 0. The lowest BCUT2D eigenvalue weighted by atomic mass is 10.2. The number of halogens is 1. The number of carbonyl (C=O) groups is 2. The van der Waals surface area contributed by atoms with E-state index in [1.165, 1.54) is 6.07 Å². The molecule has 0 aliphatic rings. The Morgan fingerprint density at radius 3 is 2.36 bits per heavy atom. The van der Waals surface area contributed by atoms with Gasteiger partial charge in [-0.15, -0.1) is 0 Å². The molecule has 0 saturated heterocycles. The molecule has 0 aromatic heterocycles. The van der Waals surface area contributed by atoms with Crippen LogP contribution in [0.25, 0.3) is 0 Å². The van der Waals surface area contributed by atoms with Crippen LogP contribution in [-0.4, -0.2) is 16.9 Å². The zero-order valence-electron chi connectivity index (χ0n) is 12.1. The number of phenols is 1. The van der Waals surface area contributed by atoms with Gasteiger partial charge in [-0.3, -0.25) is 9.59 Å². The summed E-state index contributed by atoms with van der Waals surface area (Å²) in [4.78, 5) is 23.7. The molecule has 2 aromatic rings. The summed E-state index contributed by atoms with van der Waals surface area (Å²) in [6, 6.07) is 9.66. The van der Waals surface area contributed by atoms with Gasteiger partial charge in [0.25, 0.3) is 0 Å². The first-order valence-corrected chi connectivity index (χ1v) is 6.92. The first-order chi connectivity index (χ1) is 10.4. The van der Waals surface area contributed by atoms with Crippen LogP contribution in [0.4, 0.5) is 11.4 Å². The van der Waals surface area contributed by atoms with E-state index in [2.05, 4.69) is 10.6 Å². The van der Waals surface area contributed by atoms with Crippen molar-refractivity contribution >= 4 is 34.8 Å². The molecule has 0 aliphatic carbocycles. The molecule has 3 N–H and O–H groups in total. The molecule has 2 aromatic carbocycles. The molecule has 0 spiro atoms. The minimum absolute atomic E-state index is 0.106. The molecule has 0 bridgehead atoms. The van der Waals surface area contributed by atoms with Gasteiger partial charge in [-0.2, -0.15) is 0 Å². The lowest BCUT2D eigenvalue weighted by Crippen LogP contribution is -2.29. The van der Waals surface area contributed by atoms with Crippen LogP contribution in [0.1, 0.15) is 11.1 Å². The third-order valence-electron chi connectivity index (χ3n) is 3.04. The summed E-state index contributed by atoms with van der Waals surface area (Å²) in [6.45, 7) is 3.64. The van der Waals surface area contributed by atoms with Gasteiger partial charge in [-0.05, 0) is 49.2 Å². The fourth-order valence-corrected chi connectivity index (χ4v) is 1.97. The Balaban J connectivity index is 2.07. The molecule has 0 saturated carbocycles. The Kier molecular flexibility index (Phi) is 4.68. The van der Waals surface area contributed by atoms with E-state index in [0.29, 0.717) is 10.7 Å². The van der Waals surface area contributed by atoms with E-state index in [1.807, 2.05) is 13.8 Å². The second-order valence-corrected chi connectivity index (χ2v) is 5.30. The van der Waals surface area contributed by atoms with Gasteiger partial charge in [0.05, 0.1) is 5.69 Å². The number of aromatic hydroxyl groups is 1. The predicted octanol–water partition coefficient (Wildman–Crippen LogP) is 3.24. The molecular weight excluding hydrogens is 304 g/mol. The van der Waals surface area contributed by atoms with Crippen molar-refractivity contribution in [2.24, 2.45) is 0 Å². The maximum absolute atomic E-state index is 11.9. The maximum Gasteiger partial charge on any atom is 0.314 e. The number of aryl methyl sites for hydroxylation is 2. The van der Waals surface area contributed by atoms with Crippen LogP contribution >= 0.6 is 11.6 Å². The van der Waals surface area contributed by atoms with Gasteiger partial charge in [-0.25, -0.2) is 0 Å². The van der Waals surface area contributed by atoms with Gasteiger partial charge in [-0.1, -0.05) is 23.7 Å². The monoisotopic (exact) mass is 318 g/mol. The lowest BCUT2D eigenvalue weighted by Gasteiger charge is -2.09. The van der Waals surface area contributed by atoms with Gasteiger partial charge in [0.15, 0.2) is 0 Å². The fourth-order valence-electron chi connectivity index (χ4n) is 1.79. The maximum atomic E-state index is 11.9. The molecule has 0 radical (unpaired) electrons. The molecule has 0 atom stereocenters. The van der Waals surface area contributed by atoms with E-state index in [-0.39, 0.29) is 11.4 Å². The molecular formula is C16H15ClN2O3. The SMILES string of the molecule is Cc1ccc(O)c(NC(=O)C(=O)Nc2ccc(C)c(Cl)c2)c1. The number of hydrogen-bond acceptors (Lipinski definition) is 3. The number of amides is 2. The quantitative estimate of drug-likeness (QED) is 0.587. The number of anilines is 2. The summed E-state index contributed by atoms with van der Waals surface area (Å²) < 4.78 is 0. The highest BCUT2D eigenvalue weighted by molar-refractivity contribution is 6.44. The molecule has 0 heterocycles. The number of hydrogen-bond donors (Lipinski definition) is 3. The topological polar surface area (TPSA) is 78.4 Å². The average molecular weight is 319 g/mol. The number of carbonyl (C=O) groups excluding carboxylic acids is 2. The van der Waals surface area contributed by atoms with Crippen LogP contribution in [0.2, 0.25) is 5.02 Å². The minimum Gasteiger partial charge on any atom is -0.506 e. The fraction of sp³-hybridized carbons (Fsp3) is 0.125. The Morgan fingerprint density at radius 1 is 1.00 bits per heavy atom. The third-order valence-corrected chi connectivity index (χ3v) is 3.44. The van der Waals surface area contributed by atoms with Crippen LogP contribution in [-0.2, 0) is 9.59 Å². The van der Waals surface area contributed by atoms with E-state index in [0.717, 1.165) is 11.1 Å². The number of rotatable bonds is 2. The normalized spacial score (nSPS) is 10.1. The Hall–Kier alpha value is -2.53. The summed E-state index contributed by atoms with van der Waals surface area (Å²) in [7, 11) is 0. The van der Waals surface area contributed by atoms with E-state index in [4.69, 9.17) is 11.6 Å². The molecule has 0 unspecified atom stereocenters. The van der Waals surface area contributed by atoms with Crippen molar-refractivity contribution in [2.75, 3.05) is 10.6 Å². The highest BCUT2D eigenvalue weighted by atomic mass is 35.5. The number of nitrogens with one attached hydrogen (secondary N) is 2. The minimum atomic E-state index is -0.877. The van der Waals surface area contributed by atoms with Gasteiger partial charge in [0.2, 0.25) is 0 Å². The van der Waals surface area contributed by atoms with Crippen molar-refractivity contribution < 1.29 is 14.7 Å². The van der Waals surface area contributed by atoms with Crippen molar-refractivity contribution in [1.29, 1.82) is 0 Å². The molecule has 0 fully saturated rings. The van der Waals surface area contributed by atoms with E-state index in [1.54, 1.807) is 30.3 Å². The van der Waals surface area contributed by atoms with Crippen molar-refractivity contribution in [3.63, 3.8) is 0 Å². The Labute approximate surface area is 132 Å². The second kappa shape index (κ2) is 6.49. The van der Waals surface area contributed by atoms with Crippen LogP contribution in [0.3, 0.4) is 0 Å². The molecule has 5 nitrogen and oxygen atoms in total. The number of phenolic OH excluding ortho intramolecular Hbond substituents is 1. The third kappa shape index (κ3) is 3.77. The molecule has 2 amide bonds. The van der Waals surface area contributed by atoms with Gasteiger partial charge in [0, 0.05) is 10.7 Å². The Bertz CT molecular complexity index is 744. The first-order valence-electron chi connectivity index (χ1n) is 6.55. The summed E-state index contributed by atoms with van der Waals surface area (Å²) in [5.41, 5.74) is 2.32. The first kappa shape index (κ1) is 15.9. The van der Waals surface area contributed by atoms with Gasteiger partial charge >= 0.3 is 11.8 Å². The van der Waals surface area contributed by atoms with Gasteiger partial charge in [0.1, 0.15) is 5.75 Å². The van der Waals surface area contributed by atoms with Gasteiger partial charge < -0.3 is 15.7 Å². The summed E-state index contributed by atoms with van der Waals surface area (Å²) in [5, 5.41) is 15.0. The second-order valence-electron chi connectivity index (χ2n) is 4.89. The van der Waals surface area contributed by atoms with E-state index in [9.17, 15) is 14.7 Å². The largest absolute Gasteiger partial charge is 0.506 e. The van der Waals surface area contributed by atoms with Crippen molar-refractivity contribution in [2.45, 2.75) is 13.8 Å². The lowest BCUT2D eigenvalue weighted by molar-refractivity contribution is -0.133. The molecule has 22 heavy (non-hydrogen) atoms. The Morgan fingerprint density at radius 2 is 1.68 bits per heavy atom. The van der Waals surface area contributed by atoms with Crippen molar-refractivity contribution in [3.8, 4) is 5.75 Å². The van der Waals surface area contributed by atoms with Crippen LogP contribution < -0.4 is 10.6 Å². The summed E-state index contributed by atoms with van der Waals surface area (Å²) in [5.74, 6) is -1.83.